The zero-order valence-corrected chi connectivity index (χ0v) is 8.80. The first-order chi connectivity index (χ1) is 8.29. The fourth-order valence-corrected chi connectivity index (χ4v) is 1.40. The van der Waals surface area contributed by atoms with Gasteiger partial charge in [0.2, 0.25) is 11.8 Å². The summed E-state index contributed by atoms with van der Waals surface area (Å²) in [5, 5.41) is 28.8. The molecule has 7 nitrogen and oxygen atoms in total. The highest BCUT2D eigenvalue weighted by Crippen LogP contribution is 2.12. The third kappa shape index (κ3) is 2.85. The first-order valence-corrected chi connectivity index (χ1v) is 4.92. The van der Waals surface area contributed by atoms with Gasteiger partial charge in [0.05, 0.1) is 0 Å². The van der Waals surface area contributed by atoms with Crippen molar-refractivity contribution in [2.75, 3.05) is 0 Å². The fourth-order valence-electron chi connectivity index (χ4n) is 1.40. The first-order valence-electron chi connectivity index (χ1n) is 4.92. The van der Waals surface area contributed by atoms with Gasteiger partial charge in [0, 0.05) is 0 Å². The lowest BCUT2D eigenvalue weighted by molar-refractivity contribution is -0.768. The number of aliphatic hydroxyl groups is 1. The molecule has 0 aliphatic carbocycles. The average Bonchev–Trinajstić information content (AvgIpc) is 2.78. The Morgan fingerprint density at radius 3 is 2.88 bits per heavy atom. The molecule has 0 bridgehead atoms. The normalized spacial score (nSPS) is 13.0. The number of benzene rings is 1. The minimum atomic E-state index is -0.705. The highest BCUT2D eigenvalue weighted by atomic mass is 16.5. The first kappa shape index (κ1) is 11.2. The second-order valence-corrected chi connectivity index (χ2v) is 3.37. The molecule has 0 radical (unpaired) electrons. The van der Waals surface area contributed by atoms with E-state index >= 15 is 0 Å². The highest BCUT2D eigenvalue weighted by molar-refractivity contribution is 5.16. The number of hydrogen-bond acceptors (Lipinski definition) is 6. The Morgan fingerprint density at radius 2 is 2.18 bits per heavy atom. The molecule has 0 saturated heterocycles. The van der Waals surface area contributed by atoms with Gasteiger partial charge in [-0.15, -0.1) is 5.11 Å². The van der Waals surface area contributed by atoms with Crippen molar-refractivity contribution < 1.29 is 14.3 Å². The Hall–Kier alpha value is -2.28. The maximum atomic E-state index is 9.89. The topological polar surface area (TPSA) is 97.9 Å². The zero-order chi connectivity index (χ0) is 12.1. The van der Waals surface area contributed by atoms with E-state index in [1.165, 1.54) is 10.9 Å². The summed E-state index contributed by atoms with van der Waals surface area (Å²) in [4.78, 5) is 0. The second-order valence-electron chi connectivity index (χ2n) is 3.37. The lowest BCUT2D eigenvalue weighted by Gasteiger charge is -2.03. The third-order valence-electron chi connectivity index (χ3n) is 2.18. The Bertz CT molecular complexity index is 497. The van der Waals surface area contributed by atoms with Gasteiger partial charge in [-0.05, 0) is 10.2 Å². The Labute approximate surface area is 96.6 Å². The van der Waals surface area contributed by atoms with Crippen LogP contribution in [-0.2, 0) is 6.54 Å². The number of aromatic nitrogens is 2. The van der Waals surface area contributed by atoms with E-state index < -0.39 is 6.10 Å². The Kier molecular flexibility index (Phi) is 3.41. The molecule has 1 atom stereocenters. The Balaban J connectivity index is 2.05. The number of aliphatic hydroxyl groups excluding tert-OH is 1. The largest absolute Gasteiger partial charge is 0.775 e. The van der Waals surface area contributed by atoms with Crippen molar-refractivity contribution in [1.82, 2.24) is 5.27 Å². The maximum Gasteiger partial charge on any atom is 0.339 e. The summed E-state index contributed by atoms with van der Waals surface area (Å²) in [6.07, 6.45) is 0.677. The minimum absolute atomic E-state index is 0.000242. The van der Waals surface area contributed by atoms with Gasteiger partial charge < -0.3 is 10.3 Å². The summed E-state index contributed by atoms with van der Waals surface area (Å²) in [5.41, 5.74) is 0.773. The molecule has 0 saturated carbocycles. The van der Waals surface area contributed by atoms with Gasteiger partial charge in [0.25, 0.3) is 6.20 Å². The van der Waals surface area contributed by atoms with Crippen molar-refractivity contribution in [3.63, 3.8) is 0 Å². The van der Waals surface area contributed by atoms with Crippen LogP contribution < -0.4 is 4.68 Å². The Morgan fingerprint density at radius 1 is 1.41 bits per heavy atom. The van der Waals surface area contributed by atoms with Crippen LogP contribution in [0.5, 0.6) is 0 Å². The van der Waals surface area contributed by atoms with Gasteiger partial charge in [0.15, 0.2) is 0 Å². The van der Waals surface area contributed by atoms with E-state index in [1.54, 1.807) is 0 Å². The summed E-state index contributed by atoms with van der Waals surface area (Å²) in [7, 11) is 0. The average molecular weight is 234 g/mol. The molecule has 1 N–H and O–H groups in total. The van der Waals surface area contributed by atoms with Gasteiger partial charge in [0.1, 0.15) is 6.10 Å². The van der Waals surface area contributed by atoms with E-state index in [0.717, 1.165) is 5.56 Å². The van der Waals surface area contributed by atoms with Crippen molar-refractivity contribution >= 4 is 5.88 Å². The molecule has 0 unspecified atom stereocenters. The maximum absolute atomic E-state index is 9.89. The van der Waals surface area contributed by atoms with E-state index in [4.69, 9.17) is 0 Å². The summed E-state index contributed by atoms with van der Waals surface area (Å²) < 4.78 is 6.03. The molecular weight excluding hydrogens is 224 g/mol. The van der Waals surface area contributed by atoms with E-state index in [0.29, 0.717) is 0 Å². The molecule has 1 aromatic heterocycles. The van der Waals surface area contributed by atoms with E-state index in [-0.39, 0.29) is 12.4 Å². The van der Waals surface area contributed by atoms with Gasteiger partial charge in [-0.2, -0.15) is 0 Å². The van der Waals surface area contributed by atoms with Crippen LogP contribution in [0.15, 0.2) is 51.4 Å². The van der Waals surface area contributed by atoms with Gasteiger partial charge >= 0.3 is 5.88 Å². The summed E-state index contributed by atoms with van der Waals surface area (Å²) in [5.74, 6) is 0.000242. The van der Waals surface area contributed by atoms with Crippen LogP contribution in [0.3, 0.4) is 0 Å². The smallest absolute Gasteiger partial charge is 0.339 e. The van der Waals surface area contributed by atoms with E-state index in [1.807, 2.05) is 30.3 Å². The molecular formula is C10H10N4O3. The zero-order valence-electron chi connectivity index (χ0n) is 8.80. The SMILES string of the molecule is [O-]/N=N/c1c[n+](C[C@H](O)c2ccccc2)no1. The predicted molar refractivity (Wildman–Crippen MR) is 56.0 cm³/mol. The van der Waals surface area contributed by atoms with Gasteiger partial charge in [-0.3, -0.25) is 4.52 Å². The molecule has 0 aliphatic rings. The second kappa shape index (κ2) is 5.17. The molecule has 2 aromatic rings. The standard InChI is InChI=1S/C10H10N4O3/c15-9(8-4-2-1-3-5-8)6-14-7-10(11-12-16)17-13-14/h1-5,7,9,15H,6H2/t9-/m0/s1. The molecule has 2 rings (SSSR count). The molecule has 17 heavy (non-hydrogen) atoms. The lowest BCUT2D eigenvalue weighted by Crippen LogP contribution is -2.37. The van der Waals surface area contributed by atoms with Crippen LogP contribution in [0.1, 0.15) is 11.7 Å². The van der Waals surface area contributed by atoms with Crippen LogP contribution in [0, 0.1) is 5.21 Å². The van der Waals surface area contributed by atoms with Crippen molar-refractivity contribution in [2.24, 2.45) is 10.4 Å². The third-order valence-corrected chi connectivity index (χ3v) is 2.18. The van der Waals surface area contributed by atoms with Crippen LogP contribution in [0.4, 0.5) is 5.88 Å². The van der Waals surface area contributed by atoms with Crippen molar-refractivity contribution in [3.05, 3.63) is 47.3 Å². The molecule has 0 aliphatic heterocycles. The molecule has 7 heteroatoms. The quantitative estimate of drug-likeness (QED) is 0.489. The molecule has 88 valence electrons. The summed E-state index contributed by atoms with van der Waals surface area (Å²) in [6, 6.07) is 9.16. The molecule has 0 spiro atoms. The van der Waals surface area contributed by atoms with Crippen molar-refractivity contribution in [1.29, 1.82) is 0 Å². The molecule has 0 amide bonds. The number of nitrogens with zero attached hydrogens (tertiary/aromatic N) is 4. The van der Waals surface area contributed by atoms with Crippen LogP contribution in [0.25, 0.3) is 0 Å². The van der Waals surface area contributed by atoms with Crippen molar-refractivity contribution in [3.8, 4) is 0 Å². The predicted octanol–water partition coefficient (Wildman–Crippen LogP) is 1.28. The summed E-state index contributed by atoms with van der Waals surface area (Å²) >= 11 is 0. The lowest BCUT2D eigenvalue weighted by atomic mass is 10.1. The fraction of sp³-hybridized carbons (Fsp3) is 0.200. The number of hydrogen-bond donors (Lipinski definition) is 1. The summed E-state index contributed by atoms with van der Waals surface area (Å²) in [6.45, 7) is 0.210. The van der Waals surface area contributed by atoms with E-state index in [2.05, 4.69) is 20.2 Å². The van der Waals surface area contributed by atoms with E-state index in [9.17, 15) is 10.3 Å². The monoisotopic (exact) mass is 234 g/mol. The van der Waals surface area contributed by atoms with Gasteiger partial charge in [-0.1, -0.05) is 30.3 Å². The molecule has 0 fully saturated rings. The molecule has 1 heterocycles. The number of rotatable bonds is 4. The van der Waals surface area contributed by atoms with Crippen molar-refractivity contribution in [2.45, 2.75) is 12.6 Å². The van der Waals surface area contributed by atoms with Crippen LogP contribution >= 0.6 is 0 Å². The van der Waals surface area contributed by atoms with Crippen LogP contribution in [0.2, 0.25) is 0 Å². The van der Waals surface area contributed by atoms with Crippen LogP contribution in [-0.4, -0.2) is 10.4 Å². The molecule has 1 aromatic carbocycles. The minimum Gasteiger partial charge on any atom is -0.775 e. The highest BCUT2D eigenvalue weighted by Gasteiger charge is 2.17. The van der Waals surface area contributed by atoms with Gasteiger partial charge in [-0.25, -0.2) is 5.28 Å².